The topological polar surface area (TPSA) is 37.3 Å². The van der Waals surface area contributed by atoms with E-state index in [2.05, 4.69) is 13.5 Å². The summed E-state index contributed by atoms with van der Waals surface area (Å²) in [6.07, 6.45) is 1.54. The van der Waals surface area contributed by atoms with Gasteiger partial charge in [-0.15, -0.1) is 0 Å². The van der Waals surface area contributed by atoms with Crippen molar-refractivity contribution in [3.63, 3.8) is 0 Å². The fourth-order valence-corrected chi connectivity index (χ4v) is 0.778. The lowest BCUT2D eigenvalue weighted by molar-refractivity contribution is -0.133. The van der Waals surface area contributed by atoms with Crippen molar-refractivity contribution in [1.29, 1.82) is 0 Å². The number of hydrogen-bond donors (Lipinski definition) is 1. The number of hydrogen-bond acceptors (Lipinski definition) is 1. The lowest BCUT2D eigenvalue weighted by Gasteiger charge is -2.21. The first-order chi connectivity index (χ1) is 4.89. The van der Waals surface area contributed by atoms with E-state index in [1.54, 1.807) is 0 Å². The second-order valence-corrected chi connectivity index (χ2v) is 3.60. The van der Waals surface area contributed by atoms with Crippen LogP contribution in [0.15, 0.2) is 12.2 Å². The van der Waals surface area contributed by atoms with E-state index in [1.165, 1.54) is 0 Å². The van der Waals surface area contributed by atoms with Crippen LogP contribution < -0.4 is 0 Å². The highest BCUT2D eigenvalue weighted by Gasteiger charge is 2.19. The van der Waals surface area contributed by atoms with E-state index in [4.69, 9.17) is 5.11 Å². The molecule has 0 spiro atoms. The fraction of sp³-hybridized carbons (Fsp3) is 0.667. The molecule has 0 amide bonds. The molecule has 11 heavy (non-hydrogen) atoms. The van der Waals surface area contributed by atoms with Crippen molar-refractivity contribution in [3.8, 4) is 0 Å². The molecular formula is C9H16O2. The molecule has 1 N–H and O–H groups in total. The lowest BCUT2D eigenvalue weighted by atomic mass is 9.84. The maximum atomic E-state index is 10.4. The quantitative estimate of drug-likeness (QED) is 0.635. The van der Waals surface area contributed by atoms with Crippen molar-refractivity contribution in [3.05, 3.63) is 12.2 Å². The Bertz CT molecular complexity index is 168. The van der Waals surface area contributed by atoms with Crippen molar-refractivity contribution in [2.24, 2.45) is 5.41 Å². The molecule has 0 radical (unpaired) electrons. The summed E-state index contributed by atoms with van der Waals surface area (Å²) in [5.41, 5.74) is 0.368. The van der Waals surface area contributed by atoms with Crippen molar-refractivity contribution in [1.82, 2.24) is 0 Å². The monoisotopic (exact) mass is 156 g/mol. The Labute approximate surface area is 67.9 Å². The summed E-state index contributed by atoms with van der Waals surface area (Å²) < 4.78 is 0. The summed E-state index contributed by atoms with van der Waals surface area (Å²) in [6.45, 7) is 9.62. The van der Waals surface area contributed by atoms with Crippen LogP contribution in [0.1, 0.15) is 33.6 Å². The second kappa shape index (κ2) is 3.56. The standard InChI is InChI=1S/C9H16O2/c1-5-9(3,4)6-7(2)8(10)11/h2,5-6H2,1,3-4H3,(H,10,11). The minimum Gasteiger partial charge on any atom is -0.478 e. The molecule has 0 saturated heterocycles. The highest BCUT2D eigenvalue weighted by Crippen LogP contribution is 2.27. The van der Waals surface area contributed by atoms with Gasteiger partial charge in [0, 0.05) is 5.57 Å². The molecule has 0 unspecified atom stereocenters. The zero-order valence-electron chi connectivity index (χ0n) is 7.48. The molecule has 0 fully saturated rings. The van der Waals surface area contributed by atoms with E-state index in [0.717, 1.165) is 6.42 Å². The lowest BCUT2D eigenvalue weighted by Crippen LogP contribution is -2.13. The van der Waals surface area contributed by atoms with Crippen LogP contribution in [0.5, 0.6) is 0 Å². The van der Waals surface area contributed by atoms with Gasteiger partial charge in [-0.05, 0) is 11.8 Å². The molecule has 0 aliphatic carbocycles. The van der Waals surface area contributed by atoms with Crippen LogP contribution in [0.3, 0.4) is 0 Å². The maximum absolute atomic E-state index is 10.4. The molecule has 2 heteroatoms. The number of carbonyl (C=O) groups is 1. The molecule has 0 aromatic heterocycles. The van der Waals surface area contributed by atoms with Gasteiger partial charge in [0.2, 0.25) is 0 Å². The van der Waals surface area contributed by atoms with Gasteiger partial charge in [-0.1, -0.05) is 33.8 Å². The minimum atomic E-state index is -0.883. The highest BCUT2D eigenvalue weighted by molar-refractivity contribution is 5.85. The van der Waals surface area contributed by atoms with Crippen molar-refractivity contribution in [2.75, 3.05) is 0 Å². The van der Waals surface area contributed by atoms with Gasteiger partial charge in [0.15, 0.2) is 0 Å². The third kappa shape index (κ3) is 3.81. The summed E-state index contributed by atoms with van der Waals surface area (Å²) in [6, 6.07) is 0. The number of carboxylic acids is 1. The molecule has 0 bridgehead atoms. The van der Waals surface area contributed by atoms with Crippen LogP contribution in [0.2, 0.25) is 0 Å². The number of rotatable bonds is 4. The third-order valence-corrected chi connectivity index (χ3v) is 1.95. The van der Waals surface area contributed by atoms with Gasteiger partial charge in [-0.3, -0.25) is 0 Å². The molecule has 0 aliphatic rings. The molecule has 0 atom stereocenters. The van der Waals surface area contributed by atoms with E-state index < -0.39 is 5.97 Å². The molecule has 0 aromatic rings. The first kappa shape index (κ1) is 10.2. The predicted molar refractivity (Wildman–Crippen MR) is 45.5 cm³/mol. The molecular weight excluding hydrogens is 140 g/mol. The van der Waals surface area contributed by atoms with E-state index in [1.807, 2.05) is 13.8 Å². The number of carboxylic acid groups (broad SMARTS) is 1. The van der Waals surface area contributed by atoms with Gasteiger partial charge in [-0.2, -0.15) is 0 Å². The maximum Gasteiger partial charge on any atom is 0.330 e. The number of aliphatic carboxylic acids is 1. The Balaban J connectivity index is 4.04. The summed E-state index contributed by atoms with van der Waals surface area (Å²) in [5, 5.41) is 8.54. The van der Waals surface area contributed by atoms with Gasteiger partial charge in [0.05, 0.1) is 0 Å². The Morgan fingerprint density at radius 3 is 2.27 bits per heavy atom. The average molecular weight is 156 g/mol. The Morgan fingerprint density at radius 1 is 1.55 bits per heavy atom. The summed E-state index contributed by atoms with van der Waals surface area (Å²) in [4.78, 5) is 10.4. The molecule has 0 rings (SSSR count). The van der Waals surface area contributed by atoms with Crippen molar-refractivity contribution >= 4 is 5.97 Å². The van der Waals surface area contributed by atoms with E-state index >= 15 is 0 Å². The molecule has 64 valence electrons. The first-order valence-electron chi connectivity index (χ1n) is 3.80. The third-order valence-electron chi connectivity index (χ3n) is 1.95. The minimum absolute atomic E-state index is 0.0650. The normalized spacial score (nSPS) is 11.2. The first-order valence-corrected chi connectivity index (χ1v) is 3.80. The zero-order chi connectivity index (χ0) is 9.07. The molecule has 2 nitrogen and oxygen atoms in total. The van der Waals surface area contributed by atoms with E-state index in [-0.39, 0.29) is 5.41 Å². The van der Waals surface area contributed by atoms with E-state index in [0.29, 0.717) is 12.0 Å². The fourth-order valence-electron chi connectivity index (χ4n) is 0.778. The molecule has 0 aliphatic heterocycles. The van der Waals surface area contributed by atoms with Gasteiger partial charge < -0.3 is 5.11 Å². The van der Waals surface area contributed by atoms with Gasteiger partial charge in [0.25, 0.3) is 0 Å². The summed E-state index contributed by atoms with van der Waals surface area (Å²) >= 11 is 0. The van der Waals surface area contributed by atoms with Crippen molar-refractivity contribution < 1.29 is 9.90 Å². The molecule has 0 saturated carbocycles. The zero-order valence-corrected chi connectivity index (χ0v) is 7.48. The average Bonchev–Trinajstić information content (AvgIpc) is 1.87. The van der Waals surface area contributed by atoms with Crippen LogP contribution in [0.25, 0.3) is 0 Å². The Kier molecular flexibility index (Phi) is 3.30. The van der Waals surface area contributed by atoms with Gasteiger partial charge >= 0.3 is 5.97 Å². The van der Waals surface area contributed by atoms with Gasteiger partial charge in [0.1, 0.15) is 0 Å². The van der Waals surface area contributed by atoms with Crippen LogP contribution >= 0.6 is 0 Å². The van der Waals surface area contributed by atoms with Crippen LogP contribution in [0.4, 0.5) is 0 Å². The molecule has 0 heterocycles. The van der Waals surface area contributed by atoms with Crippen LogP contribution in [-0.2, 0) is 4.79 Å². The van der Waals surface area contributed by atoms with Gasteiger partial charge in [-0.25, -0.2) is 4.79 Å². The van der Waals surface area contributed by atoms with E-state index in [9.17, 15) is 4.79 Å². The smallest absolute Gasteiger partial charge is 0.330 e. The summed E-state index contributed by atoms with van der Waals surface area (Å²) in [7, 11) is 0. The van der Waals surface area contributed by atoms with Crippen LogP contribution in [-0.4, -0.2) is 11.1 Å². The SMILES string of the molecule is C=C(CC(C)(C)CC)C(=O)O. The highest BCUT2D eigenvalue weighted by atomic mass is 16.4. The Morgan fingerprint density at radius 2 is 2.00 bits per heavy atom. The second-order valence-electron chi connectivity index (χ2n) is 3.60. The largest absolute Gasteiger partial charge is 0.478 e. The predicted octanol–water partition coefficient (Wildman–Crippen LogP) is 2.45. The summed E-state index contributed by atoms with van der Waals surface area (Å²) in [5.74, 6) is -0.883. The van der Waals surface area contributed by atoms with Crippen molar-refractivity contribution in [2.45, 2.75) is 33.6 Å². The molecule has 0 aromatic carbocycles. The van der Waals surface area contributed by atoms with Crippen LogP contribution in [0, 0.1) is 5.41 Å². The Hall–Kier alpha value is -0.790.